The van der Waals surface area contributed by atoms with Crippen LogP contribution in [0.2, 0.25) is 0 Å². The molecule has 1 unspecified atom stereocenters. The maximum atomic E-state index is 5.88. The molecular weight excluding hydrogens is 344 g/mol. The quantitative estimate of drug-likeness (QED) is 0.695. The van der Waals surface area contributed by atoms with Crippen molar-refractivity contribution in [1.29, 1.82) is 0 Å². The molecule has 3 heteroatoms. The van der Waals surface area contributed by atoms with Gasteiger partial charge >= 0.3 is 0 Å². The minimum atomic E-state index is 0.355. The number of piperidine rings is 1. The lowest BCUT2D eigenvalue weighted by Crippen LogP contribution is -2.47. The highest BCUT2D eigenvalue weighted by atomic mass is 16.5. The Bertz CT molecular complexity index is 669. The van der Waals surface area contributed by atoms with Gasteiger partial charge in [0.25, 0.3) is 0 Å². The molecule has 1 N–H and O–H groups in total. The monoisotopic (exact) mass is 382 g/mol. The van der Waals surface area contributed by atoms with Gasteiger partial charge in [-0.05, 0) is 106 Å². The molecule has 1 saturated heterocycles. The van der Waals surface area contributed by atoms with Gasteiger partial charge in [-0.2, -0.15) is 0 Å². The largest absolute Gasteiger partial charge is 0.494 e. The molecule has 154 valence electrons. The molecule has 0 aromatic heterocycles. The fourth-order valence-corrected chi connectivity index (χ4v) is 6.27. The van der Waals surface area contributed by atoms with E-state index >= 15 is 0 Å². The number of fused-ring (bicyclic) bond motifs is 1. The van der Waals surface area contributed by atoms with Crippen molar-refractivity contribution >= 4 is 5.69 Å². The Labute approximate surface area is 171 Å². The van der Waals surface area contributed by atoms with Gasteiger partial charge in [-0.1, -0.05) is 19.3 Å². The third-order valence-corrected chi connectivity index (χ3v) is 7.97. The molecule has 0 amide bonds. The molecule has 4 aliphatic rings. The highest BCUT2D eigenvalue weighted by Gasteiger charge is 2.43. The molecule has 2 heterocycles. The summed E-state index contributed by atoms with van der Waals surface area (Å²) in [6.45, 7) is 6.84. The van der Waals surface area contributed by atoms with Gasteiger partial charge in [0.15, 0.2) is 0 Å². The van der Waals surface area contributed by atoms with Gasteiger partial charge < -0.3 is 15.0 Å². The Kier molecular flexibility index (Phi) is 5.30. The molecule has 5 rings (SSSR count). The van der Waals surface area contributed by atoms with Crippen LogP contribution in [0.5, 0.6) is 5.75 Å². The van der Waals surface area contributed by atoms with Crippen molar-refractivity contribution in [2.24, 2.45) is 11.8 Å². The van der Waals surface area contributed by atoms with Crippen LogP contribution in [0.4, 0.5) is 5.69 Å². The van der Waals surface area contributed by atoms with Crippen LogP contribution in [-0.4, -0.2) is 36.7 Å². The third kappa shape index (κ3) is 3.92. The first-order valence-electron chi connectivity index (χ1n) is 12.0. The summed E-state index contributed by atoms with van der Waals surface area (Å²) in [5.74, 6) is 3.62. The summed E-state index contributed by atoms with van der Waals surface area (Å²) in [4.78, 5) is 2.75. The van der Waals surface area contributed by atoms with Crippen molar-refractivity contribution in [3.8, 4) is 5.75 Å². The number of nitrogens with zero attached hydrogens (tertiary/aromatic N) is 1. The first kappa shape index (κ1) is 18.8. The number of hydrogen-bond donors (Lipinski definition) is 1. The van der Waals surface area contributed by atoms with Gasteiger partial charge in [-0.3, -0.25) is 0 Å². The smallest absolute Gasteiger partial charge is 0.119 e. The molecule has 1 aromatic carbocycles. The first-order valence-corrected chi connectivity index (χ1v) is 12.0. The molecular formula is C25H38N2O. The second-order valence-corrected chi connectivity index (χ2v) is 10.0. The van der Waals surface area contributed by atoms with Crippen LogP contribution in [0.1, 0.15) is 82.6 Å². The lowest BCUT2D eigenvalue weighted by molar-refractivity contribution is 0.144. The summed E-state index contributed by atoms with van der Waals surface area (Å²) >= 11 is 0. The summed E-state index contributed by atoms with van der Waals surface area (Å²) in [7, 11) is 0. The number of likely N-dealkylation sites (tertiary alicyclic amines) is 1. The number of anilines is 1. The van der Waals surface area contributed by atoms with E-state index in [9.17, 15) is 0 Å². The van der Waals surface area contributed by atoms with E-state index in [1.54, 1.807) is 5.56 Å². The first-order chi connectivity index (χ1) is 13.7. The third-order valence-electron chi connectivity index (χ3n) is 7.97. The Morgan fingerprint density at radius 1 is 1.07 bits per heavy atom. The highest BCUT2D eigenvalue weighted by Crippen LogP contribution is 2.50. The highest BCUT2D eigenvalue weighted by molar-refractivity contribution is 5.60. The lowest BCUT2D eigenvalue weighted by atomic mass is 9.66. The minimum Gasteiger partial charge on any atom is -0.494 e. The van der Waals surface area contributed by atoms with Gasteiger partial charge in [0.2, 0.25) is 0 Å². The van der Waals surface area contributed by atoms with Crippen LogP contribution in [0.3, 0.4) is 0 Å². The van der Waals surface area contributed by atoms with E-state index in [4.69, 9.17) is 4.74 Å². The topological polar surface area (TPSA) is 24.5 Å². The standard InChI is InChI=1S/C25H38N2O/c1-2-28-21-8-9-24-22(16-21)23(17-25(26-24)12-4-3-5-13-25)20-10-14-27(15-11-20)18-19-6-7-19/h8-9,16,19-20,23,26H,2-7,10-15,17-18H2,1H3. The predicted octanol–water partition coefficient (Wildman–Crippen LogP) is 5.81. The molecule has 1 aromatic rings. The van der Waals surface area contributed by atoms with E-state index < -0.39 is 0 Å². The van der Waals surface area contributed by atoms with Crippen molar-refractivity contribution in [3.05, 3.63) is 23.8 Å². The molecule has 28 heavy (non-hydrogen) atoms. The molecule has 0 bridgehead atoms. The van der Waals surface area contributed by atoms with Crippen LogP contribution < -0.4 is 10.1 Å². The Balaban J connectivity index is 1.37. The summed E-state index contributed by atoms with van der Waals surface area (Å²) in [6.07, 6.45) is 14.0. The normalized spacial score (nSPS) is 28.0. The minimum absolute atomic E-state index is 0.355. The second-order valence-electron chi connectivity index (χ2n) is 10.0. The van der Waals surface area contributed by atoms with Crippen molar-refractivity contribution in [3.63, 3.8) is 0 Å². The van der Waals surface area contributed by atoms with E-state index in [0.717, 1.165) is 24.2 Å². The fraction of sp³-hybridized carbons (Fsp3) is 0.760. The molecule has 2 aliphatic heterocycles. The number of rotatable bonds is 5. The summed E-state index contributed by atoms with van der Waals surface area (Å²) in [6, 6.07) is 6.85. The van der Waals surface area contributed by atoms with Crippen molar-refractivity contribution in [1.82, 2.24) is 4.90 Å². The molecule has 3 fully saturated rings. The van der Waals surface area contributed by atoms with Gasteiger partial charge in [0.1, 0.15) is 5.75 Å². The Morgan fingerprint density at radius 3 is 2.57 bits per heavy atom. The summed E-state index contributed by atoms with van der Waals surface area (Å²) < 4.78 is 5.88. The van der Waals surface area contributed by atoms with Crippen LogP contribution in [0.25, 0.3) is 0 Å². The van der Waals surface area contributed by atoms with Gasteiger partial charge in [-0.15, -0.1) is 0 Å². The number of nitrogens with one attached hydrogen (secondary N) is 1. The maximum absolute atomic E-state index is 5.88. The SMILES string of the molecule is CCOc1ccc2c(c1)C(C1CCN(CC3CC3)CC1)CC1(CCCCC1)N2. The number of ether oxygens (including phenoxy) is 1. The van der Waals surface area contributed by atoms with E-state index in [1.807, 2.05) is 0 Å². The Morgan fingerprint density at radius 2 is 1.86 bits per heavy atom. The van der Waals surface area contributed by atoms with Crippen molar-refractivity contribution in [2.45, 2.75) is 82.6 Å². The van der Waals surface area contributed by atoms with Gasteiger partial charge in [0, 0.05) is 17.8 Å². The van der Waals surface area contributed by atoms with Crippen LogP contribution >= 0.6 is 0 Å². The fourth-order valence-electron chi connectivity index (χ4n) is 6.27. The molecule has 1 atom stereocenters. The maximum Gasteiger partial charge on any atom is 0.119 e. The molecule has 3 nitrogen and oxygen atoms in total. The number of benzene rings is 1. The zero-order valence-electron chi connectivity index (χ0n) is 17.7. The van der Waals surface area contributed by atoms with Crippen LogP contribution in [0, 0.1) is 11.8 Å². The summed E-state index contributed by atoms with van der Waals surface area (Å²) in [5.41, 5.74) is 3.30. The zero-order valence-corrected chi connectivity index (χ0v) is 17.7. The average molecular weight is 383 g/mol. The van der Waals surface area contributed by atoms with E-state index in [0.29, 0.717) is 11.5 Å². The lowest BCUT2D eigenvalue weighted by Gasteiger charge is -2.49. The van der Waals surface area contributed by atoms with Gasteiger partial charge in [0.05, 0.1) is 6.61 Å². The molecule has 0 radical (unpaired) electrons. The van der Waals surface area contributed by atoms with E-state index in [1.165, 1.54) is 89.5 Å². The Hall–Kier alpha value is -1.22. The zero-order chi connectivity index (χ0) is 19.0. The van der Waals surface area contributed by atoms with E-state index in [2.05, 4.69) is 35.3 Å². The van der Waals surface area contributed by atoms with Gasteiger partial charge in [-0.25, -0.2) is 0 Å². The molecule has 2 aliphatic carbocycles. The predicted molar refractivity (Wildman–Crippen MR) is 116 cm³/mol. The van der Waals surface area contributed by atoms with Crippen molar-refractivity contribution in [2.75, 3.05) is 31.6 Å². The molecule has 2 saturated carbocycles. The molecule has 1 spiro atoms. The summed E-state index contributed by atoms with van der Waals surface area (Å²) in [5, 5.41) is 4.03. The average Bonchev–Trinajstić information content (AvgIpc) is 3.53. The van der Waals surface area contributed by atoms with Crippen LogP contribution in [-0.2, 0) is 0 Å². The van der Waals surface area contributed by atoms with Crippen LogP contribution in [0.15, 0.2) is 18.2 Å². The van der Waals surface area contributed by atoms with E-state index in [-0.39, 0.29) is 0 Å². The van der Waals surface area contributed by atoms with Crippen molar-refractivity contribution < 1.29 is 4.74 Å². The number of hydrogen-bond acceptors (Lipinski definition) is 3. The second kappa shape index (κ2) is 7.89.